The largest absolute Gasteiger partial charge is 0.437 e. The minimum Gasteiger partial charge on any atom is -0.437 e. The van der Waals surface area contributed by atoms with E-state index in [1.165, 1.54) is 57.0 Å². The van der Waals surface area contributed by atoms with Crippen LogP contribution in [0.2, 0.25) is 0 Å². The number of para-hydroxylation sites is 1. The van der Waals surface area contributed by atoms with E-state index >= 15 is 0 Å². The first kappa shape index (κ1) is 23.2. The lowest BCUT2D eigenvalue weighted by Crippen LogP contribution is -2.35. The molecule has 1 atom stereocenters. The standard InChI is InChI=1S/C25H37ClOP/c1-4-7-20-28(21-8-5-2,22-9-6-3)25(26,23-16-12-10-13-17-23)27-24-18-14-11-15-19-24/h10-19H,4-9,20-22H2,1-3H3/q+1. The van der Waals surface area contributed by atoms with Crippen LogP contribution in [0.1, 0.15) is 64.9 Å². The summed E-state index contributed by atoms with van der Waals surface area (Å²) in [5, 5.41) is 0. The highest BCUT2D eigenvalue weighted by Gasteiger charge is 2.59. The first-order chi connectivity index (χ1) is 13.6. The van der Waals surface area contributed by atoms with Crippen molar-refractivity contribution in [1.29, 1.82) is 0 Å². The fraction of sp³-hybridized carbons (Fsp3) is 0.520. The maximum atomic E-state index is 7.66. The van der Waals surface area contributed by atoms with Gasteiger partial charge in [-0.15, -0.1) is 0 Å². The number of ether oxygens (including phenoxy) is 1. The summed E-state index contributed by atoms with van der Waals surface area (Å²) in [5.74, 6) is 0.871. The lowest BCUT2D eigenvalue weighted by molar-refractivity contribution is 0.242. The number of benzene rings is 2. The molecule has 0 saturated heterocycles. The molecule has 28 heavy (non-hydrogen) atoms. The summed E-state index contributed by atoms with van der Waals surface area (Å²) < 4.78 is 6.76. The maximum absolute atomic E-state index is 7.66. The summed E-state index contributed by atoms with van der Waals surface area (Å²) in [4.78, 5) is -0.755. The van der Waals surface area contributed by atoms with Crippen molar-refractivity contribution in [1.82, 2.24) is 0 Å². The third-order valence-corrected chi connectivity index (χ3v) is 12.0. The molecule has 0 amide bonds. The van der Waals surface area contributed by atoms with E-state index in [1.54, 1.807) is 0 Å². The molecule has 0 bridgehead atoms. The number of hydrogen-bond acceptors (Lipinski definition) is 1. The van der Waals surface area contributed by atoms with Crippen LogP contribution >= 0.6 is 18.9 Å². The Morgan fingerprint density at radius 3 is 1.57 bits per heavy atom. The lowest BCUT2D eigenvalue weighted by Gasteiger charge is -2.41. The molecular formula is C25H37ClOP+. The van der Waals surface area contributed by atoms with Gasteiger partial charge >= 0.3 is 4.80 Å². The molecule has 2 aromatic carbocycles. The Hall–Kier alpha value is -1.04. The van der Waals surface area contributed by atoms with Gasteiger partial charge in [0.15, 0.2) is 0 Å². The van der Waals surface area contributed by atoms with Crippen LogP contribution in [0, 0.1) is 0 Å². The van der Waals surface area contributed by atoms with Gasteiger partial charge in [-0.2, -0.15) is 0 Å². The van der Waals surface area contributed by atoms with Crippen molar-refractivity contribution in [2.45, 2.75) is 64.1 Å². The van der Waals surface area contributed by atoms with Gasteiger partial charge in [-0.1, -0.05) is 76.4 Å². The summed E-state index contributed by atoms with van der Waals surface area (Å²) in [6, 6.07) is 20.7. The molecule has 0 heterocycles. The van der Waals surface area contributed by atoms with Crippen molar-refractivity contribution < 1.29 is 4.74 Å². The van der Waals surface area contributed by atoms with Crippen LogP contribution < -0.4 is 4.74 Å². The first-order valence-corrected chi connectivity index (χ1v) is 13.7. The number of hydrogen-bond donors (Lipinski definition) is 0. The van der Waals surface area contributed by atoms with E-state index in [2.05, 4.69) is 51.1 Å². The number of halogens is 1. The molecule has 1 unspecified atom stereocenters. The van der Waals surface area contributed by atoms with Gasteiger partial charge in [0.25, 0.3) is 0 Å². The highest BCUT2D eigenvalue weighted by molar-refractivity contribution is 7.78. The van der Waals surface area contributed by atoms with E-state index in [0.29, 0.717) is 0 Å². The molecule has 0 aliphatic carbocycles. The predicted octanol–water partition coefficient (Wildman–Crippen LogP) is 8.53. The average molecular weight is 420 g/mol. The molecule has 0 fully saturated rings. The normalized spacial score (nSPS) is 13.9. The Balaban J connectivity index is 2.57. The molecule has 0 aliphatic rings. The molecule has 2 aromatic rings. The second-order valence-corrected chi connectivity index (χ2v) is 12.8. The van der Waals surface area contributed by atoms with Gasteiger partial charge in [0.1, 0.15) is 5.75 Å². The average Bonchev–Trinajstić information content (AvgIpc) is 2.74. The minimum atomic E-state index is -1.61. The number of rotatable bonds is 13. The maximum Gasteiger partial charge on any atom is 0.316 e. The quantitative estimate of drug-likeness (QED) is 0.233. The van der Waals surface area contributed by atoms with E-state index in [0.717, 1.165) is 11.3 Å². The molecule has 3 heteroatoms. The van der Waals surface area contributed by atoms with E-state index < -0.39 is 12.1 Å². The summed E-state index contributed by atoms with van der Waals surface area (Å²) in [6.07, 6.45) is 10.9. The van der Waals surface area contributed by atoms with Crippen LogP contribution in [0.5, 0.6) is 5.75 Å². The summed E-state index contributed by atoms with van der Waals surface area (Å²) in [5.41, 5.74) is 1.12. The molecule has 2 rings (SSSR count). The van der Waals surface area contributed by atoms with Crippen LogP contribution in [0.3, 0.4) is 0 Å². The van der Waals surface area contributed by atoms with Gasteiger partial charge in [-0.3, -0.25) is 0 Å². The van der Waals surface area contributed by atoms with Gasteiger partial charge in [0.05, 0.1) is 31.3 Å². The van der Waals surface area contributed by atoms with Gasteiger partial charge in [-0.25, -0.2) is 0 Å². The Morgan fingerprint density at radius 2 is 1.14 bits per heavy atom. The first-order valence-electron chi connectivity index (χ1n) is 11.0. The zero-order valence-electron chi connectivity index (χ0n) is 17.9. The van der Waals surface area contributed by atoms with E-state index in [1.807, 2.05) is 30.3 Å². The third kappa shape index (κ3) is 5.74. The van der Waals surface area contributed by atoms with E-state index in [-0.39, 0.29) is 0 Å². The monoisotopic (exact) mass is 419 g/mol. The van der Waals surface area contributed by atoms with Crippen molar-refractivity contribution in [3.05, 3.63) is 66.2 Å². The molecule has 154 valence electrons. The zero-order chi connectivity index (χ0) is 20.3. The molecule has 0 N–H and O–H groups in total. The van der Waals surface area contributed by atoms with Gasteiger partial charge < -0.3 is 4.74 Å². The Morgan fingerprint density at radius 1 is 0.714 bits per heavy atom. The number of unbranched alkanes of at least 4 members (excludes halogenated alkanes) is 3. The molecule has 0 saturated carbocycles. The van der Waals surface area contributed by atoms with Crippen molar-refractivity contribution in [2.75, 3.05) is 18.5 Å². The van der Waals surface area contributed by atoms with Gasteiger partial charge in [0, 0.05) is 0 Å². The van der Waals surface area contributed by atoms with Gasteiger partial charge in [-0.05, 0) is 55.1 Å². The molecule has 0 aromatic heterocycles. The fourth-order valence-electron chi connectivity index (χ4n) is 3.87. The van der Waals surface area contributed by atoms with Crippen molar-refractivity contribution >= 4 is 18.9 Å². The highest BCUT2D eigenvalue weighted by atomic mass is 35.5. The predicted molar refractivity (Wildman–Crippen MR) is 127 cm³/mol. The van der Waals surface area contributed by atoms with Gasteiger partial charge in [0.2, 0.25) is 0 Å². The van der Waals surface area contributed by atoms with Crippen LogP contribution in [-0.4, -0.2) is 18.5 Å². The summed E-state index contributed by atoms with van der Waals surface area (Å²) >= 11 is 7.66. The Bertz CT molecular complexity index is 639. The third-order valence-electron chi connectivity index (χ3n) is 5.56. The lowest BCUT2D eigenvalue weighted by atomic mass is 10.2. The zero-order valence-corrected chi connectivity index (χ0v) is 19.5. The molecule has 1 nitrogen and oxygen atoms in total. The topological polar surface area (TPSA) is 9.23 Å². The summed E-state index contributed by atoms with van der Waals surface area (Å²) in [7, 11) is -1.61. The van der Waals surface area contributed by atoms with Crippen LogP contribution in [-0.2, 0) is 4.80 Å². The van der Waals surface area contributed by atoms with E-state index in [4.69, 9.17) is 16.3 Å². The van der Waals surface area contributed by atoms with Crippen LogP contribution in [0.4, 0.5) is 0 Å². The minimum absolute atomic E-state index is 0.755. The van der Waals surface area contributed by atoms with Crippen LogP contribution in [0.25, 0.3) is 0 Å². The Kier molecular flexibility index (Phi) is 9.83. The van der Waals surface area contributed by atoms with Crippen molar-refractivity contribution in [3.63, 3.8) is 0 Å². The smallest absolute Gasteiger partial charge is 0.316 e. The second kappa shape index (κ2) is 11.8. The van der Waals surface area contributed by atoms with E-state index in [9.17, 15) is 0 Å². The van der Waals surface area contributed by atoms with Crippen molar-refractivity contribution in [3.8, 4) is 5.75 Å². The molecular weight excluding hydrogens is 383 g/mol. The van der Waals surface area contributed by atoms with Crippen LogP contribution in [0.15, 0.2) is 60.7 Å². The molecule has 0 aliphatic heterocycles. The van der Waals surface area contributed by atoms with Crippen molar-refractivity contribution in [2.24, 2.45) is 0 Å². The number of alkyl halides is 1. The second-order valence-electron chi connectivity index (χ2n) is 7.72. The fourth-order valence-corrected chi connectivity index (χ4v) is 10.1. The Labute approximate surface area is 178 Å². The highest BCUT2D eigenvalue weighted by Crippen LogP contribution is 2.76. The molecule has 0 radical (unpaired) electrons. The molecule has 0 spiro atoms. The SMILES string of the molecule is CCCC[P+](CCCC)(CCCC)C(Cl)(Oc1ccccc1)c1ccccc1. The summed E-state index contributed by atoms with van der Waals surface area (Å²) in [6.45, 7) is 6.85.